The third-order valence-electron chi connectivity index (χ3n) is 4.48. The van der Waals surface area contributed by atoms with Crippen molar-refractivity contribution < 1.29 is 30.2 Å². The fourth-order valence-corrected chi connectivity index (χ4v) is 3.49. The summed E-state index contributed by atoms with van der Waals surface area (Å²) in [6.07, 6.45) is 0. The van der Waals surface area contributed by atoms with Crippen molar-refractivity contribution in [2.75, 3.05) is 14.2 Å². The van der Waals surface area contributed by atoms with Gasteiger partial charge in [-0.15, -0.1) is 0 Å². The van der Waals surface area contributed by atoms with Crippen LogP contribution in [0.4, 0.5) is 0 Å². The molecule has 27 heavy (non-hydrogen) atoms. The van der Waals surface area contributed by atoms with E-state index in [4.69, 9.17) is 14.3 Å². The van der Waals surface area contributed by atoms with Crippen LogP contribution in [-0.4, -0.2) is 29.4 Å². The molecule has 1 atom stereocenters. The first-order valence-corrected chi connectivity index (χ1v) is 9.49. The molecule has 1 aliphatic rings. The molecule has 0 radical (unpaired) electrons. The van der Waals surface area contributed by atoms with Gasteiger partial charge in [-0.05, 0) is 0 Å². The van der Waals surface area contributed by atoms with Crippen molar-refractivity contribution in [2.45, 2.75) is 32.4 Å². The van der Waals surface area contributed by atoms with Gasteiger partial charge in [0.2, 0.25) is 0 Å². The molecule has 1 heterocycles. The zero-order valence-corrected chi connectivity index (χ0v) is 17.6. The van der Waals surface area contributed by atoms with E-state index in [1.54, 1.807) is 14.2 Å². The minimum absolute atomic E-state index is 0.0838. The Morgan fingerprint density at radius 1 is 1.00 bits per heavy atom. The number of nitrogens with zero attached hydrogens (tertiary/aromatic N) is 1. The summed E-state index contributed by atoms with van der Waals surface area (Å²) in [6, 6.07) is 18.2. The first-order valence-electron chi connectivity index (χ1n) is 8.86. The summed E-state index contributed by atoms with van der Waals surface area (Å²) in [7, 11) is 3.34. The van der Waals surface area contributed by atoms with Gasteiger partial charge in [0.1, 0.15) is 0 Å². The number of ether oxygens (including phenoxy) is 2. The van der Waals surface area contributed by atoms with E-state index in [1.165, 1.54) is 0 Å². The Kier molecular flexibility index (Phi) is 5.88. The van der Waals surface area contributed by atoms with Crippen LogP contribution < -0.4 is 4.74 Å². The second-order valence-electron chi connectivity index (χ2n) is 7.36. The summed E-state index contributed by atoms with van der Waals surface area (Å²) < 4.78 is 11.6. The molecule has 0 N–H and O–H groups in total. The molecule has 2 aromatic rings. The zero-order chi connectivity index (χ0) is 19.6. The first-order chi connectivity index (χ1) is 12.9. The Hall–Kier alpha value is -1.90. The Labute approximate surface area is 169 Å². The van der Waals surface area contributed by atoms with Gasteiger partial charge in [-0.25, -0.2) is 0 Å². The van der Waals surface area contributed by atoms with Crippen molar-refractivity contribution in [1.29, 1.82) is 0 Å². The predicted octanol–water partition coefficient (Wildman–Crippen LogP) is 4.52. The first kappa shape index (κ1) is 19.9. The number of hydroxylamine groups is 2. The number of benzene rings is 2. The Morgan fingerprint density at radius 2 is 1.63 bits per heavy atom. The van der Waals surface area contributed by atoms with E-state index in [9.17, 15) is 0 Å². The maximum absolute atomic E-state index is 6.44. The molecule has 4 nitrogen and oxygen atoms in total. The molecule has 0 spiro atoms. The SMILES string of the molecule is CO[C](=[Cr])C1=C(c2ccc(OC)cc2)ON(C(C)(C)C)C1c1ccccc1. The molecule has 0 aromatic heterocycles. The van der Waals surface area contributed by atoms with Crippen LogP contribution in [0.1, 0.15) is 37.9 Å². The number of hydrogen-bond donors (Lipinski definition) is 0. The standard InChI is InChI=1S/C22H25NO3.Cr/c1-22(2,3)23-20(16-9-7-6-8-10-16)19(15-24-4)21(26-23)17-11-13-18(25-5)14-12-17;/h6-14,20H,1-5H3;. The second kappa shape index (κ2) is 8.00. The van der Waals surface area contributed by atoms with Crippen molar-refractivity contribution >= 4 is 10.3 Å². The normalized spacial score (nSPS) is 17.7. The summed E-state index contributed by atoms with van der Waals surface area (Å²) in [5, 5.41) is 2.04. The summed E-state index contributed by atoms with van der Waals surface area (Å²) in [5.41, 5.74) is 2.90. The van der Waals surface area contributed by atoms with Gasteiger partial charge in [0.15, 0.2) is 0 Å². The molecule has 0 saturated heterocycles. The van der Waals surface area contributed by atoms with E-state index < -0.39 is 0 Å². The van der Waals surface area contributed by atoms with Crippen LogP contribution in [0.2, 0.25) is 0 Å². The second-order valence-corrected chi connectivity index (χ2v) is 7.94. The van der Waals surface area contributed by atoms with Crippen LogP contribution in [-0.2, 0) is 25.4 Å². The molecule has 0 fully saturated rings. The maximum atomic E-state index is 6.44. The van der Waals surface area contributed by atoms with Crippen LogP contribution in [0, 0.1) is 0 Å². The molecule has 3 rings (SSSR count). The average molecular weight is 403 g/mol. The molecule has 0 bridgehead atoms. The van der Waals surface area contributed by atoms with Gasteiger partial charge in [0.05, 0.1) is 0 Å². The van der Waals surface area contributed by atoms with Gasteiger partial charge in [0, 0.05) is 0 Å². The third-order valence-corrected chi connectivity index (χ3v) is 5.08. The fraction of sp³-hybridized carbons (Fsp3) is 0.318. The summed E-state index contributed by atoms with van der Waals surface area (Å²) >= 11 is 3.07. The van der Waals surface area contributed by atoms with Crippen molar-refractivity contribution in [3.8, 4) is 5.75 Å². The number of methoxy groups -OCH3 is 2. The molecule has 0 amide bonds. The molecule has 0 saturated carbocycles. The fourth-order valence-electron chi connectivity index (χ4n) is 3.17. The molecular weight excluding hydrogens is 378 g/mol. The topological polar surface area (TPSA) is 30.9 Å². The minimum atomic E-state index is -0.214. The van der Waals surface area contributed by atoms with Gasteiger partial charge in [-0.3, -0.25) is 0 Å². The predicted molar refractivity (Wildman–Crippen MR) is 104 cm³/mol. The van der Waals surface area contributed by atoms with Crippen LogP contribution in [0.25, 0.3) is 5.76 Å². The van der Waals surface area contributed by atoms with E-state index in [1.807, 2.05) is 47.5 Å². The van der Waals surface area contributed by atoms with Gasteiger partial charge < -0.3 is 0 Å². The Bertz CT molecular complexity index is 838. The van der Waals surface area contributed by atoms with Crippen molar-refractivity contribution in [3.63, 3.8) is 0 Å². The van der Waals surface area contributed by atoms with Crippen molar-refractivity contribution in [3.05, 3.63) is 71.3 Å². The van der Waals surface area contributed by atoms with Crippen LogP contribution in [0.5, 0.6) is 5.75 Å². The molecular formula is C22H25CrNO3. The number of hydrogen-bond acceptors (Lipinski definition) is 4. The summed E-state index contributed by atoms with van der Waals surface area (Å²) in [4.78, 5) is 6.44. The Balaban J connectivity index is 2.18. The van der Waals surface area contributed by atoms with Gasteiger partial charge in [-0.2, -0.15) is 0 Å². The summed E-state index contributed by atoms with van der Waals surface area (Å²) in [5.74, 6) is 1.60. The van der Waals surface area contributed by atoms with Gasteiger partial charge >= 0.3 is 169 Å². The third kappa shape index (κ3) is 4.02. The van der Waals surface area contributed by atoms with E-state index in [2.05, 4.69) is 48.8 Å². The zero-order valence-electron chi connectivity index (χ0n) is 16.4. The van der Waals surface area contributed by atoms with E-state index >= 15 is 0 Å². The van der Waals surface area contributed by atoms with Gasteiger partial charge in [0.25, 0.3) is 0 Å². The molecule has 1 aliphatic heterocycles. The van der Waals surface area contributed by atoms with E-state index in [-0.39, 0.29) is 11.6 Å². The molecule has 5 heteroatoms. The quantitative estimate of drug-likeness (QED) is 0.735. The molecule has 0 aliphatic carbocycles. The van der Waals surface area contributed by atoms with Gasteiger partial charge in [-0.1, -0.05) is 0 Å². The average Bonchev–Trinajstić information content (AvgIpc) is 3.09. The number of rotatable bonds is 5. The van der Waals surface area contributed by atoms with E-state index in [0.717, 1.165) is 32.8 Å². The Morgan fingerprint density at radius 3 is 2.15 bits per heavy atom. The van der Waals surface area contributed by atoms with Crippen LogP contribution in [0.15, 0.2) is 60.2 Å². The molecule has 2 aromatic carbocycles. The molecule has 142 valence electrons. The van der Waals surface area contributed by atoms with Crippen LogP contribution >= 0.6 is 0 Å². The monoisotopic (exact) mass is 403 g/mol. The molecule has 1 unspecified atom stereocenters. The summed E-state index contributed by atoms with van der Waals surface area (Å²) in [6.45, 7) is 6.43. The van der Waals surface area contributed by atoms with E-state index in [0.29, 0.717) is 0 Å². The van der Waals surface area contributed by atoms with Crippen molar-refractivity contribution in [2.24, 2.45) is 0 Å². The van der Waals surface area contributed by atoms with Crippen molar-refractivity contribution in [1.82, 2.24) is 5.06 Å². The van der Waals surface area contributed by atoms with Crippen LogP contribution in [0.3, 0.4) is 0 Å².